The summed E-state index contributed by atoms with van der Waals surface area (Å²) in [6, 6.07) is 76.3. The minimum absolute atomic E-state index is 0.0654. The molecule has 70 heavy (non-hydrogen) atoms. The highest BCUT2D eigenvalue weighted by atomic mass is 15.2. The van der Waals surface area contributed by atoms with Gasteiger partial charge in [0, 0.05) is 38.4 Å². The lowest BCUT2D eigenvalue weighted by atomic mass is 9.86. The van der Waals surface area contributed by atoms with Gasteiger partial charge in [0.15, 0.2) is 11.6 Å². The van der Waals surface area contributed by atoms with E-state index in [0.29, 0.717) is 17.6 Å². The van der Waals surface area contributed by atoms with Gasteiger partial charge in [0.1, 0.15) is 0 Å². The molecule has 0 atom stereocenters. The molecule has 0 N–H and O–H groups in total. The highest BCUT2D eigenvalue weighted by Gasteiger charge is 2.26. The molecule has 0 aliphatic carbocycles. The van der Waals surface area contributed by atoms with Gasteiger partial charge in [-0.25, -0.2) is 4.98 Å². The molecule has 0 saturated heterocycles. The maximum atomic E-state index is 5.52. The molecule has 12 rings (SSSR count). The van der Waals surface area contributed by atoms with Crippen LogP contribution in [0.1, 0.15) is 52.7 Å². The summed E-state index contributed by atoms with van der Waals surface area (Å²) in [6.07, 6.45) is 0. The van der Waals surface area contributed by atoms with Crippen molar-refractivity contribution in [3.8, 4) is 67.8 Å². The number of hydrogen-bond donors (Lipinski definition) is 0. The first kappa shape index (κ1) is 42.9. The molecule has 0 unspecified atom stereocenters. The van der Waals surface area contributed by atoms with Crippen LogP contribution in [0.3, 0.4) is 0 Å². The first-order valence-electron chi connectivity index (χ1n) is 24.3. The van der Waals surface area contributed by atoms with Crippen molar-refractivity contribution < 1.29 is 0 Å². The molecule has 5 heteroatoms. The maximum Gasteiger partial charge on any atom is 0.238 e. The standard InChI is InChI=1S/C65H53N5/c1-64(2,3)50-32-35-56-54(40-50)53-34-37-58-59(55-41-51(65(4,5)6)33-36-57(55)69(58)52-26-14-9-15-27-52)60(53)70(56)63-67-61(66-62(68-63)49-25-17-24-48(39-49)43-20-12-8-13-21-43)45-30-28-44(29-31-45)47-23-16-22-46(38-47)42-18-10-7-11-19-42/h7-41H,1-6H3. The number of rotatable bonds is 7. The molecule has 0 fully saturated rings. The largest absolute Gasteiger partial charge is 0.309 e. The predicted molar refractivity (Wildman–Crippen MR) is 293 cm³/mol. The average Bonchev–Trinajstić information content (AvgIpc) is 3.91. The van der Waals surface area contributed by atoms with Crippen molar-refractivity contribution in [2.45, 2.75) is 52.4 Å². The zero-order valence-electron chi connectivity index (χ0n) is 40.4. The average molecular weight is 904 g/mol. The van der Waals surface area contributed by atoms with E-state index in [1.165, 1.54) is 27.6 Å². The molecule has 0 bridgehead atoms. The SMILES string of the molecule is CC(C)(C)c1ccc2c(c1)c1c(ccc3c4cc(C(C)(C)C)ccc4n(-c4nc(-c5ccc(-c6cccc(-c7ccccc7)c6)cc5)nc(-c5cccc(-c6ccccc6)c5)n4)c31)n2-c1ccccc1. The Labute approximate surface area is 409 Å². The Kier molecular flexibility index (Phi) is 10.2. The third-order valence-corrected chi connectivity index (χ3v) is 13.9. The third-order valence-electron chi connectivity index (χ3n) is 13.9. The molecule has 12 aromatic rings. The second kappa shape index (κ2) is 16.7. The molecule has 338 valence electrons. The van der Waals surface area contributed by atoms with Crippen LogP contribution in [-0.2, 0) is 10.8 Å². The molecule has 0 radical (unpaired) electrons. The molecular formula is C65H53N5. The van der Waals surface area contributed by atoms with E-state index in [1.54, 1.807) is 0 Å². The summed E-state index contributed by atoms with van der Waals surface area (Å²) in [7, 11) is 0. The van der Waals surface area contributed by atoms with Crippen molar-refractivity contribution in [1.82, 2.24) is 24.1 Å². The maximum absolute atomic E-state index is 5.52. The van der Waals surface area contributed by atoms with E-state index >= 15 is 0 Å². The van der Waals surface area contributed by atoms with Gasteiger partial charge in [0.2, 0.25) is 5.95 Å². The van der Waals surface area contributed by atoms with E-state index in [4.69, 9.17) is 15.0 Å². The van der Waals surface area contributed by atoms with Crippen LogP contribution < -0.4 is 0 Å². The summed E-state index contributed by atoms with van der Waals surface area (Å²) < 4.78 is 4.73. The van der Waals surface area contributed by atoms with Crippen molar-refractivity contribution in [2.24, 2.45) is 0 Å². The summed E-state index contributed by atoms with van der Waals surface area (Å²) in [5, 5.41) is 4.66. The lowest BCUT2D eigenvalue weighted by molar-refractivity contribution is 0.591. The predicted octanol–water partition coefficient (Wildman–Crippen LogP) is 17.0. The van der Waals surface area contributed by atoms with E-state index in [0.717, 1.165) is 77.3 Å². The van der Waals surface area contributed by atoms with Gasteiger partial charge in [-0.3, -0.25) is 4.57 Å². The van der Waals surface area contributed by atoms with Gasteiger partial charge < -0.3 is 4.57 Å². The Morgan fingerprint density at radius 3 is 1.33 bits per heavy atom. The van der Waals surface area contributed by atoms with E-state index in [1.807, 2.05) is 0 Å². The Bertz CT molecular complexity index is 3920. The van der Waals surface area contributed by atoms with Crippen molar-refractivity contribution in [3.05, 3.63) is 223 Å². The molecular weight excluding hydrogens is 851 g/mol. The summed E-state index contributed by atoms with van der Waals surface area (Å²) in [6.45, 7) is 13.7. The highest BCUT2D eigenvalue weighted by molar-refractivity contribution is 6.26. The number of benzene rings is 9. The zero-order chi connectivity index (χ0) is 47.7. The summed E-state index contributed by atoms with van der Waals surface area (Å²) in [5.74, 6) is 1.77. The fourth-order valence-electron chi connectivity index (χ4n) is 10.1. The lowest BCUT2D eigenvalue weighted by Gasteiger charge is -2.19. The Balaban J connectivity index is 1.14. The Hall–Kier alpha value is -8.41. The van der Waals surface area contributed by atoms with Gasteiger partial charge in [-0.2, -0.15) is 9.97 Å². The molecule has 0 saturated carbocycles. The molecule has 0 amide bonds. The van der Waals surface area contributed by atoms with Gasteiger partial charge in [-0.1, -0.05) is 199 Å². The number of aromatic nitrogens is 5. The lowest BCUT2D eigenvalue weighted by Crippen LogP contribution is -2.11. The van der Waals surface area contributed by atoms with Crippen LogP contribution >= 0.6 is 0 Å². The second-order valence-electron chi connectivity index (χ2n) is 20.6. The van der Waals surface area contributed by atoms with E-state index in [-0.39, 0.29) is 10.8 Å². The van der Waals surface area contributed by atoms with Crippen LogP contribution in [0.5, 0.6) is 0 Å². The normalized spacial score (nSPS) is 12.1. The molecule has 9 aromatic carbocycles. The van der Waals surface area contributed by atoms with Gasteiger partial charge in [-0.05, 0) is 110 Å². The monoisotopic (exact) mass is 903 g/mol. The van der Waals surface area contributed by atoms with Crippen LogP contribution in [0.4, 0.5) is 0 Å². The first-order valence-corrected chi connectivity index (χ1v) is 24.3. The van der Waals surface area contributed by atoms with Crippen molar-refractivity contribution in [3.63, 3.8) is 0 Å². The fourth-order valence-corrected chi connectivity index (χ4v) is 10.1. The number of hydrogen-bond acceptors (Lipinski definition) is 3. The van der Waals surface area contributed by atoms with E-state index in [9.17, 15) is 0 Å². The van der Waals surface area contributed by atoms with Gasteiger partial charge in [-0.15, -0.1) is 0 Å². The highest BCUT2D eigenvalue weighted by Crippen LogP contribution is 2.44. The quantitative estimate of drug-likeness (QED) is 0.160. The molecule has 0 aliphatic rings. The van der Waals surface area contributed by atoms with Crippen molar-refractivity contribution in [1.29, 1.82) is 0 Å². The first-order chi connectivity index (χ1) is 34.0. The topological polar surface area (TPSA) is 48.5 Å². The van der Waals surface area contributed by atoms with Crippen LogP contribution in [0, 0.1) is 0 Å². The molecule has 0 aliphatic heterocycles. The fraction of sp³-hybridized carbons (Fsp3) is 0.123. The summed E-state index contributed by atoms with van der Waals surface area (Å²) in [4.78, 5) is 16.4. The third kappa shape index (κ3) is 7.55. The van der Waals surface area contributed by atoms with E-state index in [2.05, 4.69) is 263 Å². The van der Waals surface area contributed by atoms with Crippen LogP contribution in [0.25, 0.3) is 111 Å². The van der Waals surface area contributed by atoms with Gasteiger partial charge in [0.25, 0.3) is 0 Å². The molecule has 5 nitrogen and oxygen atoms in total. The second-order valence-corrected chi connectivity index (χ2v) is 20.6. The van der Waals surface area contributed by atoms with Crippen LogP contribution in [0.15, 0.2) is 212 Å². The van der Waals surface area contributed by atoms with Crippen molar-refractivity contribution >= 4 is 43.6 Å². The smallest absolute Gasteiger partial charge is 0.238 e. The van der Waals surface area contributed by atoms with Crippen LogP contribution in [-0.4, -0.2) is 24.1 Å². The van der Waals surface area contributed by atoms with E-state index < -0.39 is 0 Å². The Morgan fingerprint density at radius 1 is 0.314 bits per heavy atom. The molecule has 3 heterocycles. The van der Waals surface area contributed by atoms with Crippen LogP contribution in [0.2, 0.25) is 0 Å². The summed E-state index contributed by atoms with van der Waals surface area (Å²) in [5.41, 5.74) is 16.6. The molecule has 3 aromatic heterocycles. The number of para-hydroxylation sites is 1. The Morgan fingerprint density at radius 2 is 0.757 bits per heavy atom. The summed E-state index contributed by atoms with van der Waals surface area (Å²) >= 11 is 0. The van der Waals surface area contributed by atoms with Gasteiger partial charge in [0.05, 0.1) is 22.1 Å². The number of nitrogens with zero attached hydrogens (tertiary/aromatic N) is 5. The molecule has 0 spiro atoms. The minimum atomic E-state index is -0.0655. The number of fused-ring (bicyclic) bond motifs is 7. The minimum Gasteiger partial charge on any atom is -0.309 e. The zero-order valence-corrected chi connectivity index (χ0v) is 40.4. The van der Waals surface area contributed by atoms with Gasteiger partial charge >= 0.3 is 0 Å². The van der Waals surface area contributed by atoms with Crippen molar-refractivity contribution in [2.75, 3.05) is 0 Å².